The highest BCUT2D eigenvalue weighted by molar-refractivity contribution is 7.64. The minimum absolute atomic E-state index is 0.0286. The van der Waals surface area contributed by atoms with Gasteiger partial charge in [-0.1, -0.05) is 56.3 Å². The zero-order valence-electron chi connectivity index (χ0n) is 14.8. The number of hydrogen-bond acceptors (Lipinski definition) is 5. The Bertz CT molecular complexity index is 575. The molecule has 0 amide bonds. The van der Waals surface area contributed by atoms with E-state index < -0.39 is 13.8 Å². The number of rotatable bonds is 5. The first-order valence-corrected chi connectivity index (χ1v) is 10.4. The second-order valence-corrected chi connectivity index (χ2v) is 9.09. The Labute approximate surface area is 145 Å². The topological polar surface area (TPSA) is 64.6 Å². The number of nitrogens with zero attached hydrogens (tertiary/aromatic N) is 1. The lowest BCUT2D eigenvalue weighted by Gasteiger charge is -2.41. The second-order valence-electron chi connectivity index (χ2n) is 6.56. The fraction of sp³-hybridized carbons (Fsp3) is 0.500. The van der Waals surface area contributed by atoms with Crippen molar-refractivity contribution in [1.29, 1.82) is 0 Å². The van der Waals surface area contributed by atoms with Gasteiger partial charge in [0.2, 0.25) is 0 Å². The van der Waals surface area contributed by atoms with E-state index in [1.807, 2.05) is 42.5 Å². The molecule has 2 rings (SSSR count). The van der Waals surface area contributed by atoms with Crippen LogP contribution in [-0.2, 0) is 16.0 Å². The second kappa shape index (κ2) is 8.21. The Kier molecular flexibility index (Phi) is 6.53. The first kappa shape index (κ1) is 19.1. The first-order valence-electron chi connectivity index (χ1n) is 8.26. The smallest absolute Gasteiger partial charge is 0.327 e. The van der Waals surface area contributed by atoms with Gasteiger partial charge in [0.05, 0.1) is 26.4 Å². The number of methoxy groups -OCH3 is 1. The van der Waals surface area contributed by atoms with Crippen LogP contribution in [0.1, 0.15) is 19.4 Å². The van der Waals surface area contributed by atoms with E-state index in [1.165, 1.54) is 7.11 Å². The minimum Gasteiger partial charge on any atom is -0.651 e. The van der Waals surface area contributed by atoms with Crippen molar-refractivity contribution >= 4 is 13.8 Å². The molecule has 5 nitrogen and oxygen atoms in total. The third kappa shape index (κ3) is 4.64. The van der Waals surface area contributed by atoms with Crippen molar-refractivity contribution in [3.63, 3.8) is 0 Å². The van der Waals surface area contributed by atoms with Crippen LogP contribution in [-0.4, -0.2) is 43.0 Å². The molecule has 0 spiro atoms. The van der Waals surface area contributed by atoms with E-state index in [2.05, 4.69) is 18.9 Å². The molecule has 1 N–H and O–H groups in total. The summed E-state index contributed by atoms with van der Waals surface area (Å²) in [7, 11) is -1.52. The molecule has 1 aromatic rings. The van der Waals surface area contributed by atoms with Crippen molar-refractivity contribution in [2.24, 2.45) is 5.92 Å². The van der Waals surface area contributed by atoms with Gasteiger partial charge >= 0.3 is 5.97 Å². The molecule has 6 heteroatoms. The SMILES string of the molecule is COC(=O)C(Cc1ccccc1)N1CC=C[C@H](C(C)C)N[P+]1(C)[O-]. The van der Waals surface area contributed by atoms with E-state index in [1.54, 1.807) is 11.3 Å². The molecule has 24 heavy (non-hydrogen) atoms. The largest absolute Gasteiger partial charge is 0.651 e. The highest BCUT2D eigenvalue weighted by Gasteiger charge is 2.42. The average molecular weight is 350 g/mol. The van der Waals surface area contributed by atoms with Gasteiger partial charge in [0.15, 0.2) is 0 Å². The van der Waals surface area contributed by atoms with Crippen LogP contribution in [0.5, 0.6) is 0 Å². The molecule has 132 valence electrons. The van der Waals surface area contributed by atoms with Gasteiger partial charge in [-0.15, -0.1) is 0 Å². The summed E-state index contributed by atoms with van der Waals surface area (Å²) in [5.41, 5.74) is 1.02. The molecule has 0 aliphatic carbocycles. The summed E-state index contributed by atoms with van der Waals surface area (Å²) < 4.78 is 6.75. The molecule has 1 aliphatic rings. The van der Waals surface area contributed by atoms with Crippen LogP contribution in [0, 0.1) is 5.92 Å². The molecule has 0 fully saturated rings. The van der Waals surface area contributed by atoms with E-state index in [0.717, 1.165) is 5.56 Å². The maximum absolute atomic E-state index is 13.3. The molecular weight excluding hydrogens is 323 g/mol. The summed E-state index contributed by atoms with van der Waals surface area (Å²) in [6.07, 6.45) is 4.49. The van der Waals surface area contributed by atoms with Crippen molar-refractivity contribution in [2.75, 3.05) is 20.3 Å². The van der Waals surface area contributed by atoms with E-state index in [0.29, 0.717) is 18.9 Å². The van der Waals surface area contributed by atoms with Crippen LogP contribution >= 0.6 is 7.79 Å². The summed E-state index contributed by atoms with van der Waals surface area (Å²) >= 11 is 0. The van der Waals surface area contributed by atoms with Crippen molar-refractivity contribution in [3.05, 3.63) is 48.0 Å². The lowest BCUT2D eigenvalue weighted by Crippen LogP contribution is -2.50. The maximum Gasteiger partial charge on any atom is 0.327 e. The molecule has 0 saturated carbocycles. The van der Waals surface area contributed by atoms with Crippen molar-refractivity contribution < 1.29 is 14.4 Å². The van der Waals surface area contributed by atoms with Gasteiger partial charge in [0.1, 0.15) is 13.8 Å². The normalized spacial score (nSPS) is 26.2. The number of hydrogen-bond donors (Lipinski definition) is 1. The molecule has 0 saturated heterocycles. The zero-order chi connectivity index (χ0) is 17.7. The number of carbonyl (C=O) groups excluding carboxylic acids is 1. The highest BCUT2D eigenvalue weighted by atomic mass is 31.2. The molecule has 0 aromatic heterocycles. The predicted molar refractivity (Wildman–Crippen MR) is 96.4 cm³/mol. The molecule has 2 unspecified atom stereocenters. The molecule has 1 heterocycles. The summed E-state index contributed by atoms with van der Waals surface area (Å²) in [5, 5.41) is 3.24. The lowest BCUT2D eigenvalue weighted by atomic mass is 10.0. The standard InChI is InChI=1S/C18H27N2O3P/c1-14(2)16-11-8-12-20(24(4,22)19-16)17(18(21)23-3)13-15-9-6-5-7-10-15/h5-11,14,16-17H,12-13H2,1-4H3,(H,19,22)/t16-,17?,24?/m1/s1. The highest BCUT2D eigenvalue weighted by Crippen LogP contribution is 2.49. The van der Waals surface area contributed by atoms with Gasteiger partial charge in [-0.3, -0.25) is 4.79 Å². The molecule has 3 atom stereocenters. The van der Waals surface area contributed by atoms with Gasteiger partial charge in [-0.25, -0.2) is 0 Å². The molecule has 0 bridgehead atoms. The van der Waals surface area contributed by atoms with Crippen molar-refractivity contribution in [2.45, 2.75) is 32.4 Å². The summed E-state index contributed by atoms with van der Waals surface area (Å²) in [6.45, 7) is 6.31. The quantitative estimate of drug-likeness (QED) is 0.500. The number of nitrogens with one attached hydrogen (secondary N) is 1. The van der Waals surface area contributed by atoms with Gasteiger partial charge in [0, 0.05) is 6.42 Å². The summed E-state index contributed by atoms with van der Waals surface area (Å²) in [4.78, 5) is 25.7. The van der Waals surface area contributed by atoms with E-state index in [9.17, 15) is 9.69 Å². The monoisotopic (exact) mass is 350 g/mol. The van der Waals surface area contributed by atoms with E-state index in [-0.39, 0.29) is 12.0 Å². The van der Waals surface area contributed by atoms with Crippen LogP contribution < -0.4 is 9.98 Å². The van der Waals surface area contributed by atoms with E-state index in [4.69, 9.17) is 4.74 Å². The Hall–Kier alpha value is -1.26. The van der Waals surface area contributed by atoms with Gasteiger partial charge in [-0.2, -0.15) is 9.76 Å². The van der Waals surface area contributed by atoms with Gasteiger partial charge < -0.3 is 9.63 Å². The number of ether oxygens (including phenoxy) is 1. The molecule has 1 aliphatic heterocycles. The Morgan fingerprint density at radius 1 is 1.42 bits per heavy atom. The van der Waals surface area contributed by atoms with Crippen LogP contribution in [0.4, 0.5) is 0 Å². The Balaban J connectivity index is 2.28. The van der Waals surface area contributed by atoms with Crippen molar-refractivity contribution in [1.82, 2.24) is 9.76 Å². The van der Waals surface area contributed by atoms with Crippen LogP contribution in [0.25, 0.3) is 0 Å². The minimum atomic E-state index is -2.89. The maximum atomic E-state index is 13.3. The van der Waals surface area contributed by atoms with Crippen molar-refractivity contribution in [3.8, 4) is 0 Å². The van der Waals surface area contributed by atoms with E-state index >= 15 is 0 Å². The summed E-state index contributed by atoms with van der Waals surface area (Å²) in [6, 6.07) is 9.18. The molecule has 0 radical (unpaired) electrons. The first-order chi connectivity index (χ1) is 11.3. The third-order valence-corrected chi connectivity index (χ3v) is 6.54. The zero-order valence-corrected chi connectivity index (χ0v) is 15.7. The van der Waals surface area contributed by atoms with Gasteiger partial charge in [0.25, 0.3) is 0 Å². The fourth-order valence-electron chi connectivity index (χ4n) is 2.91. The fourth-order valence-corrected chi connectivity index (χ4v) is 5.11. The third-order valence-electron chi connectivity index (χ3n) is 4.34. The predicted octanol–water partition coefficient (Wildman–Crippen LogP) is 2.01. The Morgan fingerprint density at radius 3 is 2.67 bits per heavy atom. The lowest BCUT2D eigenvalue weighted by molar-refractivity contribution is -0.187. The van der Waals surface area contributed by atoms with Crippen LogP contribution in [0.3, 0.4) is 0 Å². The number of esters is 1. The number of benzene rings is 1. The number of carbonyl (C=O) groups is 1. The summed E-state index contributed by atoms with van der Waals surface area (Å²) in [5.74, 6) is -0.0423. The van der Waals surface area contributed by atoms with Gasteiger partial charge in [-0.05, 0) is 11.5 Å². The van der Waals surface area contributed by atoms with Crippen LogP contribution in [0.15, 0.2) is 42.5 Å². The molecular formula is C18H27N2O3P. The van der Waals surface area contributed by atoms with Crippen LogP contribution in [0.2, 0.25) is 0 Å². The Morgan fingerprint density at radius 2 is 2.08 bits per heavy atom. The molecule has 1 aromatic carbocycles. The average Bonchev–Trinajstić information content (AvgIpc) is 2.71.